The molecule has 0 fully saturated rings. The Balaban J connectivity index is 2.83. The summed E-state index contributed by atoms with van der Waals surface area (Å²) in [5, 5.41) is 2.69. The van der Waals surface area contributed by atoms with Crippen molar-refractivity contribution in [2.75, 3.05) is 5.32 Å². The summed E-state index contributed by atoms with van der Waals surface area (Å²) >= 11 is 3.28. The van der Waals surface area contributed by atoms with Crippen LogP contribution in [0.25, 0.3) is 0 Å². The number of rotatable bonds is 2. The smallest absolute Gasteiger partial charge is 0.250 e. The molecule has 1 aromatic rings. The number of carbonyl (C=O) groups excluding carboxylic acids is 1. The second-order valence-corrected chi connectivity index (χ2v) is 3.82. The van der Waals surface area contributed by atoms with Crippen LogP contribution in [0.2, 0.25) is 0 Å². The Kier molecular flexibility index (Phi) is 3.41. The first-order chi connectivity index (χ1) is 6.50. The molecule has 0 radical (unpaired) electrons. The summed E-state index contributed by atoms with van der Waals surface area (Å²) in [6, 6.07) is 1.85. The van der Waals surface area contributed by atoms with E-state index in [-0.39, 0.29) is 5.91 Å². The number of nitrogens with zero attached hydrogens (tertiary/aromatic N) is 1. The fraction of sp³-hybridized carbons (Fsp3) is 0.200. The third-order valence-corrected chi connectivity index (χ3v) is 2.49. The Bertz CT molecular complexity index is 388. The zero-order valence-corrected chi connectivity index (χ0v) is 9.68. The van der Waals surface area contributed by atoms with E-state index in [0.29, 0.717) is 11.3 Å². The number of nitrogens with one attached hydrogen (secondary N) is 1. The SMILES string of the molecule is C=C(C)C(=O)Nc1cnc(Br)c(C)c1. The lowest BCUT2D eigenvalue weighted by Crippen LogP contribution is -2.12. The minimum absolute atomic E-state index is 0.187. The van der Waals surface area contributed by atoms with Crippen molar-refractivity contribution in [1.82, 2.24) is 4.98 Å². The molecule has 0 spiro atoms. The third-order valence-electron chi connectivity index (χ3n) is 1.66. The van der Waals surface area contributed by atoms with Crippen LogP contribution < -0.4 is 5.32 Å². The molecule has 1 amide bonds. The highest BCUT2D eigenvalue weighted by Gasteiger charge is 2.03. The van der Waals surface area contributed by atoms with Crippen molar-refractivity contribution in [3.63, 3.8) is 0 Å². The Morgan fingerprint density at radius 1 is 1.64 bits per heavy atom. The predicted octanol–water partition coefficient (Wildman–Crippen LogP) is 2.67. The maximum absolute atomic E-state index is 11.3. The molecule has 0 atom stereocenters. The summed E-state index contributed by atoms with van der Waals surface area (Å²) in [4.78, 5) is 15.3. The van der Waals surface area contributed by atoms with Crippen LogP contribution in [0.4, 0.5) is 5.69 Å². The molecule has 4 heteroatoms. The number of carbonyl (C=O) groups is 1. The Morgan fingerprint density at radius 2 is 2.29 bits per heavy atom. The number of aryl methyl sites for hydroxylation is 1. The van der Waals surface area contributed by atoms with E-state index in [1.807, 2.05) is 13.0 Å². The van der Waals surface area contributed by atoms with Crippen LogP contribution in [0.15, 0.2) is 29.0 Å². The quantitative estimate of drug-likeness (QED) is 0.652. The number of hydrogen-bond acceptors (Lipinski definition) is 2. The molecule has 1 aromatic heterocycles. The highest BCUT2D eigenvalue weighted by atomic mass is 79.9. The van der Waals surface area contributed by atoms with Crippen LogP contribution >= 0.6 is 15.9 Å². The highest BCUT2D eigenvalue weighted by molar-refractivity contribution is 9.10. The van der Waals surface area contributed by atoms with E-state index < -0.39 is 0 Å². The lowest BCUT2D eigenvalue weighted by atomic mass is 10.2. The monoisotopic (exact) mass is 254 g/mol. The molecule has 0 aliphatic heterocycles. The molecule has 0 bridgehead atoms. The fourth-order valence-electron chi connectivity index (χ4n) is 0.864. The molecule has 74 valence electrons. The van der Waals surface area contributed by atoms with Gasteiger partial charge in [0.15, 0.2) is 0 Å². The minimum Gasteiger partial charge on any atom is -0.321 e. The highest BCUT2D eigenvalue weighted by Crippen LogP contribution is 2.16. The van der Waals surface area contributed by atoms with E-state index in [1.54, 1.807) is 13.1 Å². The van der Waals surface area contributed by atoms with Crippen molar-refractivity contribution in [1.29, 1.82) is 0 Å². The van der Waals surface area contributed by atoms with Gasteiger partial charge in [0.2, 0.25) is 0 Å². The molecule has 0 aliphatic carbocycles. The maximum Gasteiger partial charge on any atom is 0.250 e. The zero-order chi connectivity index (χ0) is 10.7. The molecule has 14 heavy (non-hydrogen) atoms. The van der Waals surface area contributed by atoms with Gasteiger partial charge in [-0.15, -0.1) is 0 Å². The van der Waals surface area contributed by atoms with Gasteiger partial charge in [-0.25, -0.2) is 4.98 Å². The molecule has 0 unspecified atom stereocenters. The minimum atomic E-state index is -0.187. The lowest BCUT2D eigenvalue weighted by Gasteiger charge is -2.05. The van der Waals surface area contributed by atoms with E-state index in [4.69, 9.17) is 0 Å². The summed E-state index contributed by atoms with van der Waals surface area (Å²) in [6.07, 6.45) is 1.60. The fourth-order valence-corrected chi connectivity index (χ4v) is 1.08. The molecule has 3 nitrogen and oxygen atoms in total. The number of hydrogen-bond donors (Lipinski definition) is 1. The Labute approximate surface area is 91.4 Å². The number of amides is 1. The van der Waals surface area contributed by atoms with Crippen molar-refractivity contribution in [2.24, 2.45) is 0 Å². The molecular formula is C10H11BrN2O. The van der Waals surface area contributed by atoms with Crippen LogP contribution in [0, 0.1) is 6.92 Å². The van der Waals surface area contributed by atoms with Gasteiger partial charge in [0.25, 0.3) is 5.91 Å². The average Bonchev–Trinajstić information content (AvgIpc) is 2.11. The molecule has 0 aliphatic rings. The van der Waals surface area contributed by atoms with Crippen molar-refractivity contribution in [2.45, 2.75) is 13.8 Å². The number of halogens is 1. The number of anilines is 1. The first-order valence-electron chi connectivity index (χ1n) is 4.09. The lowest BCUT2D eigenvalue weighted by molar-refractivity contribution is -0.112. The van der Waals surface area contributed by atoms with E-state index in [0.717, 1.165) is 10.2 Å². The molecule has 1 rings (SSSR count). The second kappa shape index (κ2) is 4.37. The van der Waals surface area contributed by atoms with Crippen molar-refractivity contribution in [3.8, 4) is 0 Å². The van der Waals surface area contributed by atoms with E-state index in [2.05, 4.69) is 32.8 Å². The number of aromatic nitrogens is 1. The van der Waals surface area contributed by atoms with E-state index in [1.165, 1.54) is 0 Å². The first-order valence-corrected chi connectivity index (χ1v) is 4.89. The largest absolute Gasteiger partial charge is 0.321 e. The molecule has 0 aromatic carbocycles. The molecule has 0 saturated carbocycles. The van der Waals surface area contributed by atoms with Gasteiger partial charge in [-0.2, -0.15) is 0 Å². The Morgan fingerprint density at radius 3 is 2.79 bits per heavy atom. The van der Waals surface area contributed by atoms with Crippen LogP contribution in [0.1, 0.15) is 12.5 Å². The van der Waals surface area contributed by atoms with Crippen molar-refractivity contribution in [3.05, 3.63) is 34.6 Å². The Hall–Kier alpha value is -1.16. The summed E-state index contributed by atoms with van der Waals surface area (Å²) in [7, 11) is 0. The maximum atomic E-state index is 11.3. The van der Waals surface area contributed by atoms with Gasteiger partial charge in [-0.3, -0.25) is 4.79 Å². The normalized spacial score (nSPS) is 9.64. The summed E-state index contributed by atoms with van der Waals surface area (Å²) < 4.78 is 0.783. The van der Waals surface area contributed by atoms with Gasteiger partial charge in [-0.1, -0.05) is 6.58 Å². The van der Waals surface area contributed by atoms with Crippen LogP contribution in [-0.2, 0) is 4.79 Å². The first kappa shape index (κ1) is 10.9. The summed E-state index contributed by atoms with van der Waals surface area (Å²) in [5.41, 5.74) is 2.13. The van der Waals surface area contributed by atoms with Crippen molar-refractivity contribution >= 4 is 27.5 Å². The summed E-state index contributed by atoms with van der Waals surface area (Å²) in [5.74, 6) is -0.187. The van der Waals surface area contributed by atoms with E-state index in [9.17, 15) is 4.79 Å². The summed E-state index contributed by atoms with van der Waals surface area (Å²) in [6.45, 7) is 7.12. The van der Waals surface area contributed by atoms with E-state index >= 15 is 0 Å². The third kappa shape index (κ3) is 2.67. The van der Waals surface area contributed by atoms with Crippen LogP contribution in [0.3, 0.4) is 0 Å². The zero-order valence-electron chi connectivity index (χ0n) is 8.10. The topological polar surface area (TPSA) is 42.0 Å². The van der Waals surface area contributed by atoms with Gasteiger partial charge >= 0.3 is 0 Å². The second-order valence-electron chi connectivity index (χ2n) is 3.07. The molecular weight excluding hydrogens is 244 g/mol. The van der Waals surface area contributed by atoms with Crippen LogP contribution in [-0.4, -0.2) is 10.9 Å². The predicted molar refractivity (Wildman–Crippen MR) is 60.1 cm³/mol. The van der Waals surface area contributed by atoms with Gasteiger partial charge in [0.1, 0.15) is 4.60 Å². The average molecular weight is 255 g/mol. The van der Waals surface area contributed by atoms with Gasteiger partial charge in [0, 0.05) is 5.57 Å². The van der Waals surface area contributed by atoms with Gasteiger partial charge in [0.05, 0.1) is 11.9 Å². The standard InChI is InChI=1S/C10H11BrN2O/c1-6(2)10(14)13-8-4-7(3)9(11)12-5-8/h4-5H,1H2,2-3H3,(H,13,14). The van der Waals surface area contributed by atoms with Crippen LogP contribution in [0.5, 0.6) is 0 Å². The van der Waals surface area contributed by atoms with Gasteiger partial charge < -0.3 is 5.32 Å². The molecule has 1 heterocycles. The van der Waals surface area contributed by atoms with Crippen molar-refractivity contribution < 1.29 is 4.79 Å². The number of pyridine rings is 1. The molecule has 0 saturated heterocycles. The van der Waals surface area contributed by atoms with Gasteiger partial charge in [-0.05, 0) is 41.4 Å². The molecule has 1 N–H and O–H groups in total.